The van der Waals surface area contributed by atoms with Gasteiger partial charge in [-0.05, 0) is 25.1 Å². The summed E-state index contributed by atoms with van der Waals surface area (Å²) in [6, 6.07) is 5.25. The van der Waals surface area contributed by atoms with Crippen LogP contribution in [0.15, 0.2) is 18.2 Å². The van der Waals surface area contributed by atoms with Crippen molar-refractivity contribution < 1.29 is 19.3 Å². The van der Waals surface area contributed by atoms with E-state index >= 15 is 0 Å². The lowest BCUT2D eigenvalue weighted by Gasteiger charge is -2.41. The fourth-order valence-corrected chi connectivity index (χ4v) is 2.88. The van der Waals surface area contributed by atoms with E-state index in [2.05, 4.69) is 0 Å². The van der Waals surface area contributed by atoms with Gasteiger partial charge in [-0.3, -0.25) is 0 Å². The van der Waals surface area contributed by atoms with Crippen molar-refractivity contribution in [2.45, 2.75) is 31.5 Å². The highest BCUT2D eigenvalue weighted by Gasteiger charge is 2.42. The van der Waals surface area contributed by atoms with Gasteiger partial charge in [-0.2, -0.15) is 0 Å². The van der Waals surface area contributed by atoms with Crippen LogP contribution in [0.5, 0.6) is 5.75 Å². The fourth-order valence-electron chi connectivity index (χ4n) is 2.70. The number of ether oxygens (including phenoxy) is 3. The molecule has 1 aromatic rings. The molecule has 1 aliphatic heterocycles. The van der Waals surface area contributed by atoms with Gasteiger partial charge in [0.2, 0.25) is 0 Å². The molecule has 1 unspecified atom stereocenters. The van der Waals surface area contributed by atoms with E-state index in [1.807, 2.05) is 6.92 Å². The SMILES string of the molecule is CCOC1(C(O)c2cc(Cl)ccc2OC)CCOCC1. The van der Waals surface area contributed by atoms with Crippen LogP contribution >= 0.6 is 11.6 Å². The normalized spacial score (nSPS) is 19.6. The fraction of sp³-hybridized carbons (Fsp3) is 0.600. The van der Waals surface area contributed by atoms with Crippen molar-refractivity contribution >= 4 is 11.6 Å². The topological polar surface area (TPSA) is 47.9 Å². The summed E-state index contributed by atoms with van der Waals surface area (Å²) in [5, 5.41) is 11.4. The summed E-state index contributed by atoms with van der Waals surface area (Å²) in [7, 11) is 1.58. The molecule has 0 radical (unpaired) electrons. The molecular formula is C15H21ClO4. The van der Waals surface area contributed by atoms with Crippen LogP contribution in [-0.4, -0.2) is 37.6 Å². The lowest BCUT2D eigenvalue weighted by atomic mass is 9.83. The van der Waals surface area contributed by atoms with Crippen molar-refractivity contribution in [2.24, 2.45) is 0 Å². The summed E-state index contributed by atoms with van der Waals surface area (Å²) in [5.41, 5.74) is 0.0284. The first-order valence-corrected chi connectivity index (χ1v) is 7.24. The number of rotatable bonds is 5. The quantitative estimate of drug-likeness (QED) is 0.908. The molecule has 0 amide bonds. The van der Waals surface area contributed by atoms with Gasteiger partial charge in [-0.25, -0.2) is 0 Å². The number of hydrogen-bond acceptors (Lipinski definition) is 4. The second-order valence-corrected chi connectivity index (χ2v) is 5.34. The molecule has 2 rings (SSSR count). The van der Waals surface area contributed by atoms with Gasteiger partial charge in [0.1, 0.15) is 17.5 Å². The van der Waals surface area contributed by atoms with Gasteiger partial charge in [0.15, 0.2) is 0 Å². The zero-order valence-electron chi connectivity index (χ0n) is 11.9. The molecule has 4 nitrogen and oxygen atoms in total. The molecule has 5 heteroatoms. The Morgan fingerprint density at radius 3 is 2.70 bits per heavy atom. The second kappa shape index (κ2) is 6.76. The van der Waals surface area contributed by atoms with Crippen molar-refractivity contribution in [2.75, 3.05) is 26.9 Å². The average Bonchev–Trinajstić information content (AvgIpc) is 2.47. The van der Waals surface area contributed by atoms with Crippen molar-refractivity contribution in [1.82, 2.24) is 0 Å². The molecular weight excluding hydrogens is 280 g/mol. The first kappa shape index (κ1) is 15.6. The molecule has 0 aromatic heterocycles. The maximum Gasteiger partial charge on any atom is 0.124 e. The second-order valence-electron chi connectivity index (χ2n) is 4.90. The molecule has 1 fully saturated rings. The Balaban J connectivity index is 2.36. The molecule has 112 valence electrons. The lowest BCUT2D eigenvalue weighted by molar-refractivity contribution is -0.168. The van der Waals surface area contributed by atoms with E-state index in [9.17, 15) is 5.11 Å². The largest absolute Gasteiger partial charge is 0.496 e. The molecule has 0 aliphatic carbocycles. The zero-order valence-corrected chi connectivity index (χ0v) is 12.7. The van der Waals surface area contributed by atoms with Gasteiger partial charge in [0, 0.05) is 43.2 Å². The van der Waals surface area contributed by atoms with Crippen LogP contribution < -0.4 is 4.74 Å². The highest BCUT2D eigenvalue weighted by Crippen LogP contribution is 2.41. The van der Waals surface area contributed by atoms with E-state index < -0.39 is 11.7 Å². The van der Waals surface area contributed by atoms with E-state index in [0.29, 0.717) is 49.0 Å². The maximum absolute atomic E-state index is 10.8. The van der Waals surface area contributed by atoms with Gasteiger partial charge < -0.3 is 19.3 Å². The molecule has 1 atom stereocenters. The van der Waals surface area contributed by atoms with Crippen LogP contribution in [0, 0.1) is 0 Å². The molecule has 1 aromatic carbocycles. The first-order valence-electron chi connectivity index (χ1n) is 6.86. The summed E-state index contributed by atoms with van der Waals surface area (Å²) in [5.74, 6) is 0.618. The highest BCUT2D eigenvalue weighted by molar-refractivity contribution is 6.30. The number of methoxy groups -OCH3 is 1. The van der Waals surface area contributed by atoms with Gasteiger partial charge in [-0.1, -0.05) is 11.6 Å². The van der Waals surface area contributed by atoms with E-state index in [0.717, 1.165) is 0 Å². The molecule has 0 spiro atoms. The predicted molar refractivity (Wildman–Crippen MR) is 77.4 cm³/mol. The predicted octanol–water partition coefficient (Wildman–Crippen LogP) is 2.97. The minimum absolute atomic E-state index is 0.542. The third-order valence-corrected chi connectivity index (χ3v) is 3.99. The van der Waals surface area contributed by atoms with E-state index in [1.165, 1.54) is 0 Å². The van der Waals surface area contributed by atoms with E-state index in [4.69, 9.17) is 25.8 Å². The lowest BCUT2D eigenvalue weighted by Crippen LogP contribution is -2.44. The average molecular weight is 301 g/mol. The van der Waals surface area contributed by atoms with Crippen molar-refractivity contribution in [3.05, 3.63) is 28.8 Å². The molecule has 20 heavy (non-hydrogen) atoms. The number of benzene rings is 1. The number of hydrogen-bond donors (Lipinski definition) is 1. The minimum Gasteiger partial charge on any atom is -0.496 e. The molecule has 0 bridgehead atoms. The van der Waals surface area contributed by atoms with Crippen molar-refractivity contribution in [3.8, 4) is 5.75 Å². The Labute approximate surface area is 124 Å². The van der Waals surface area contributed by atoms with E-state index in [1.54, 1.807) is 25.3 Å². The van der Waals surface area contributed by atoms with Gasteiger partial charge in [0.05, 0.1) is 7.11 Å². The Bertz CT molecular complexity index is 438. The number of aliphatic hydroxyl groups is 1. The van der Waals surface area contributed by atoms with Gasteiger partial charge in [0.25, 0.3) is 0 Å². The molecule has 1 heterocycles. The Hall–Kier alpha value is -0.810. The van der Waals surface area contributed by atoms with Crippen LogP contribution in [0.2, 0.25) is 5.02 Å². The Morgan fingerprint density at radius 1 is 1.40 bits per heavy atom. The van der Waals surface area contributed by atoms with Crippen molar-refractivity contribution in [3.63, 3.8) is 0 Å². The highest BCUT2D eigenvalue weighted by atomic mass is 35.5. The van der Waals surface area contributed by atoms with Crippen LogP contribution in [0.4, 0.5) is 0 Å². The smallest absolute Gasteiger partial charge is 0.124 e. The minimum atomic E-state index is -0.792. The third-order valence-electron chi connectivity index (χ3n) is 3.76. The molecule has 1 aliphatic rings. The first-order chi connectivity index (χ1) is 9.63. The summed E-state index contributed by atoms with van der Waals surface area (Å²) in [4.78, 5) is 0. The van der Waals surface area contributed by atoms with Crippen LogP contribution in [0.3, 0.4) is 0 Å². The summed E-state index contributed by atoms with van der Waals surface area (Å²) >= 11 is 6.05. The van der Waals surface area contributed by atoms with Gasteiger partial charge >= 0.3 is 0 Å². The molecule has 0 saturated carbocycles. The summed E-state index contributed by atoms with van der Waals surface area (Å²) < 4.78 is 16.6. The zero-order chi connectivity index (χ0) is 14.6. The van der Waals surface area contributed by atoms with E-state index in [-0.39, 0.29) is 0 Å². The standard InChI is InChI=1S/C15H21ClO4/c1-3-20-15(6-8-19-9-7-15)14(17)12-10-11(16)4-5-13(12)18-2/h4-5,10,14,17H,3,6-9H2,1-2H3. The molecule has 1 saturated heterocycles. The Kier molecular flexibility index (Phi) is 5.27. The van der Waals surface area contributed by atoms with Gasteiger partial charge in [-0.15, -0.1) is 0 Å². The number of halogens is 1. The monoisotopic (exact) mass is 300 g/mol. The molecule has 1 N–H and O–H groups in total. The third kappa shape index (κ3) is 3.09. The van der Waals surface area contributed by atoms with Crippen LogP contribution in [0.25, 0.3) is 0 Å². The maximum atomic E-state index is 10.8. The van der Waals surface area contributed by atoms with Crippen LogP contribution in [-0.2, 0) is 9.47 Å². The Morgan fingerprint density at radius 2 is 2.10 bits per heavy atom. The number of aliphatic hydroxyl groups excluding tert-OH is 1. The summed E-state index contributed by atoms with van der Waals surface area (Å²) in [6.07, 6.45) is 0.509. The van der Waals surface area contributed by atoms with Crippen molar-refractivity contribution in [1.29, 1.82) is 0 Å². The van der Waals surface area contributed by atoms with Crippen LogP contribution in [0.1, 0.15) is 31.4 Å². The summed E-state index contributed by atoms with van der Waals surface area (Å²) in [6.45, 7) is 3.64.